The Kier molecular flexibility index (Phi) is 4.77. The van der Waals surface area contributed by atoms with Crippen LogP contribution >= 0.6 is 0 Å². The first-order chi connectivity index (χ1) is 9.56. The average molecular weight is 275 g/mol. The molecule has 2 rings (SSSR count). The molecule has 1 unspecified atom stereocenters. The zero-order valence-corrected chi connectivity index (χ0v) is 11.8. The number of nitrogens with one attached hydrogen (secondary N) is 1. The first-order valence-electron chi connectivity index (χ1n) is 7.19. The van der Waals surface area contributed by atoms with E-state index in [0.29, 0.717) is 17.9 Å². The van der Waals surface area contributed by atoms with Gasteiger partial charge in [-0.1, -0.05) is 18.6 Å². The fourth-order valence-electron chi connectivity index (χ4n) is 2.37. The fourth-order valence-corrected chi connectivity index (χ4v) is 2.37. The molecule has 1 aromatic carbocycles. The summed E-state index contributed by atoms with van der Waals surface area (Å²) < 4.78 is 0. The fraction of sp³-hybridized carbons (Fsp3) is 0.500. The van der Waals surface area contributed by atoms with E-state index >= 15 is 0 Å². The Morgan fingerprint density at radius 3 is 2.45 bits per heavy atom. The highest BCUT2D eigenvalue weighted by atomic mass is 16.4. The highest BCUT2D eigenvalue weighted by Crippen LogP contribution is 2.36. The number of aliphatic carboxylic acids is 1. The molecule has 1 aromatic rings. The number of amides is 1. The molecular formula is C16H21NO3. The van der Waals surface area contributed by atoms with Crippen LogP contribution in [-0.2, 0) is 4.79 Å². The van der Waals surface area contributed by atoms with Gasteiger partial charge in [-0.2, -0.15) is 0 Å². The lowest BCUT2D eigenvalue weighted by molar-refractivity contribution is -0.137. The number of benzene rings is 1. The zero-order valence-electron chi connectivity index (χ0n) is 11.8. The minimum absolute atomic E-state index is 0.0715. The van der Waals surface area contributed by atoms with Crippen LogP contribution in [0.3, 0.4) is 0 Å². The molecule has 1 aliphatic carbocycles. The van der Waals surface area contributed by atoms with Gasteiger partial charge in [0, 0.05) is 18.0 Å². The van der Waals surface area contributed by atoms with Gasteiger partial charge in [-0.15, -0.1) is 0 Å². The summed E-state index contributed by atoms with van der Waals surface area (Å²) in [6.07, 6.45) is 4.31. The number of hydrogen-bond acceptors (Lipinski definition) is 2. The molecule has 1 atom stereocenters. The lowest BCUT2D eigenvalue weighted by atomic mass is 9.80. The maximum atomic E-state index is 12.0. The molecule has 1 fully saturated rings. The van der Waals surface area contributed by atoms with Crippen molar-refractivity contribution in [1.82, 2.24) is 5.32 Å². The van der Waals surface area contributed by atoms with Crippen LogP contribution in [0.5, 0.6) is 0 Å². The minimum Gasteiger partial charge on any atom is -0.481 e. The summed E-state index contributed by atoms with van der Waals surface area (Å²) in [5, 5.41) is 11.4. The monoisotopic (exact) mass is 275 g/mol. The van der Waals surface area contributed by atoms with Crippen LogP contribution in [0.1, 0.15) is 60.9 Å². The van der Waals surface area contributed by atoms with Crippen LogP contribution in [0.2, 0.25) is 0 Å². The van der Waals surface area contributed by atoms with Crippen molar-refractivity contribution in [2.75, 3.05) is 0 Å². The van der Waals surface area contributed by atoms with Crippen molar-refractivity contribution in [3.05, 3.63) is 35.4 Å². The number of carboxylic acid groups (broad SMARTS) is 1. The summed E-state index contributed by atoms with van der Waals surface area (Å²) >= 11 is 0. The van der Waals surface area contributed by atoms with E-state index in [4.69, 9.17) is 5.11 Å². The van der Waals surface area contributed by atoms with Crippen molar-refractivity contribution in [3.63, 3.8) is 0 Å². The maximum Gasteiger partial charge on any atom is 0.303 e. The summed E-state index contributed by atoms with van der Waals surface area (Å²) in [5.74, 6) is -0.305. The van der Waals surface area contributed by atoms with Crippen molar-refractivity contribution >= 4 is 11.9 Å². The van der Waals surface area contributed by atoms with Gasteiger partial charge < -0.3 is 10.4 Å². The Hall–Kier alpha value is -1.84. The molecule has 4 nitrogen and oxygen atoms in total. The molecule has 20 heavy (non-hydrogen) atoms. The molecule has 0 bridgehead atoms. The highest BCUT2D eigenvalue weighted by Gasteiger charge is 2.19. The summed E-state index contributed by atoms with van der Waals surface area (Å²) in [7, 11) is 0. The second kappa shape index (κ2) is 6.55. The zero-order chi connectivity index (χ0) is 14.5. The Morgan fingerprint density at radius 1 is 1.30 bits per heavy atom. The van der Waals surface area contributed by atoms with E-state index in [9.17, 15) is 9.59 Å². The Balaban J connectivity index is 1.86. The SMILES string of the molecule is CC(CCC(=O)O)NC(=O)c1ccc(C2CCC2)cc1. The standard InChI is InChI=1S/C16H21NO3/c1-11(5-10-15(18)19)17-16(20)14-8-6-13(7-9-14)12-3-2-4-12/h6-9,11-12H,2-5,10H2,1H3,(H,17,20)(H,18,19). The van der Waals surface area contributed by atoms with Gasteiger partial charge in [0.2, 0.25) is 0 Å². The highest BCUT2D eigenvalue weighted by molar-refractivity contribution is 5.94. The third-order valence-electron chi connectivity index (χ3n) is 3.92. The second-order valence-corrected chi connectivity index (χ2v) is 5.56. The van der Waals surface area contributed by atoms with Crippen molar-refractivity contribution in [3.8, 4) is 0 Å². The Labute approximate surface area is 119 Å². The predicted molar refractivity (Wildman–Crippen MR) is 76.8 cm³/mol. The molecule has 1 saturated carbocycles. The quantitative estimate of drug-likeness (QED) is 0.838. The number of carbonyl (C=O) groups excluding carboxylic acids is 1. The van der Waals surface area contributed by atoms with E-state index in [-0.39, 0.29) is 18.4 Å². The van der Waals surface area contributed by atoms with Crippen LogP contribution < -0.4 is 5.32 Å². The van der Waals surface area contributed by atoms with Gasteiger partial charge in [-0.05, 0) is 49.8 Å². The molecule has 2 N–H and O–H groups in total. The lowest BCUT2D eigenvalue weighted by Gasteiger charge is -2.25. The Morgan fingerprint density at radius 2 is 1.95 bits per heavy atom. The van der Waals surface area contributed by atoms with E-state index in [0.717, 1.165) is 0 Å². The van der Waals surface area contributed by atoms with E-state index in [2.05, 4.69) is 5.32 Å². The maximum absolute atomic E-state index is 12.0. The summed E-state index contributed by atoms with van der Waals surface area (Å²) in [6, 6.07) is 7.63. The number of carboxylic acids is 1. The third-order valence-corrected chi connectivity index (χ3v) is 3.92. The van der Waals surface area contributed by atoms with Gasteiger partial charge >= 0.3 is 5.97 Å². The Bertz CT molecular complexity index is 477. The summed E-state index contributed by atoms with van der Waals surface area (Å²) in [4.78, 5) is 22.5. The van der Waals surface area contributed by atoms with E-state index in [1.54, 1.807) is 0 Å². The summed E-state index contributed by atoms with van der Waals surface area (Å²) in [6.45, 7) is 1.82. The molecule has 0 saturated heterocycles. The molecule has 0 aromatic heterocycles. The van der Waals surface area contributed by atoms with Gasteiger partial charge in [0.1, 0.15) is 0 Å². The number of rotatable bonds is 6. The number of carbonyl (C=O) groups is 2. The molecule has 0 heterocycles. The smallest absolute Gasteiger partial charge is 0.303 e. The third kappa shape index (κ3) is 3.83. The predicted octanol–water partition coefficient (Wildman–Crippen LogP) is 2.94. The first-order valence-corrected chi connectivity index (χ1v) is 7.19. The van der Waals surface area contributed by atoms with Crippen molar-refractivity contribution < 1.29 is 14.7 Å². The van der Waals surface area contributed by atoms with Gasteiger partial charge in [0.05, 0.1) is 0 Å². The van der Waals surface area contributed by atoms with Crippen LogP contribution in [0.4, 0.5) is 0 Å². The molecule has 4 heteroatoms. The lowest BCUT2D eigenvalue weighted by Crippen LogP contribution is -2.32. The molecule has 1 aliphatic rings. The molecular weight excluding hydrogens is 254 g/mol. The van der Waals surface area contributed by atoms with Gasteiger partial charge in [0.25, 0.3) is 5.91 Å². The molecule has 0 spiro atoms. The van der Waals surface area contributed by atoms with Crippen molar-refractivity contribution in [1.29, 1.82) is 0 Å². The first kappa shape index (κ1) is 14.6. The molecule has 108 valence electrons. The van der Waals surface area contributed by atoms with Gasteiger partial charge in [-0.25, -0.2) is 0 Å². The van der Waals surface area contributed by atoms with Crippen LogP contribution in [0.25, 0.3) is 0 Å². The number of hydrogen-bond donors (Lipinski definition) is 2. The van der Waals surface area contributed by atoms with Crippen molar-refractivity contribution in [2.45, 2.75) is 51.0 Å². The van der Waals surface area contributed by atoms with E-state index < -0.39 is 5.97 Å². The van der Waals surface area contributed by atoms with Crippen LogP contribution in [0.15, 0.2) is 24.3 Å². The van der Waals surface area contributed by atoms with Gasteiger partial charge in [-0.3, -0.25) is 9.59 Å². The normalized spacial score (nSPS) is 16.2. The van der Waals surface area contributed by atoms with E-state index in [1.165, 1.54) is 24.8 Å². The van der Waals surface area contributed by atoms with Crippen molar-refractivity contribution in [2.24, 2.45) is 0 Å². The molecule has 1 amide bonds. The molecule has 0 aliphatic heterocycles. The largest absolute Gasteiger partial charge is 0.481 e. The minimum atomic E-state index is -0.837. The average Bonchev–Trinajstić information content (AvgIpc) is 2.35. The topological polar surface area (TPSA) is 66.4 Å². The molecule has 0 radical (unpaired) electrons. The summed E-state index contributed by atoms with van der Waals surface area (Å²) in [5.41, 5.74) is 1.95. The second-order valence-electron chi connectivity index (χ2n) is 5.56. The van der Waals surface area contributed by atoms with E-state index in [1.807, 2.05) is 31.2 Å². The van der Waals surface area contributed by atoms with Crippen LogP contribution in [-0.4, -0.2) is 23.0 Å². The van der Waals surface area contributed by atoms with Gasteiger partial charge in [0.15, 0.2) is 0 Å². The van der Waals surface area contributed by atoms with Crippen LogP contribution in [0, 0.1) is 0 Å².